The predicted octanol–water partition coefficient (Wildman–Crippen LogP) is 1.38. The number of urea groups is 1. The molecule has 0 saturated carbocycles. The van der Waals surface area contributed by atoms with E-state index in [2.05, 4.69) is 16.0 Å². The number of nitrogens with one attached hydrogen (secondary N) is 3. The second-order valence-electron chi connectivity index (χ2n) is 7.09. The molecule has 1 spiro atoms. The van der Waals surface area contributed by atoms with E-state index < -0.39 is 29.9 Å². The van der Waals surface area contributed by atoms with E-state index in [4.69, 9.17) is 0 Å². The van der Waals surface area contributed by atoms with Gasteiger partial charge < -0.3 is 16.0 Å². The summed E-state index contributed by atoms with van der Waals surface area (Å²) in [5.41, 5.74) is 1.52. The van der Waals surface area contributed by atoms with Gasteiger partial charge in [-0.3, -0.25) is 19.3 Å². The first kappa shape index (κ1) is 18.7. The van der Waals surface area contributed by atoms with Gasteiger partial charge >= 0.3 is 6.03 Å². The van der Waals surface area contributed by atoms with E-state index in [1.165, 1.54) is 13.1 Å². The third-order valence-corrected chi connectivity index (χ3v) is 5.36. The topological polar surface area (TPSA) is 108 Å². The molecule has 1 saturated heterocycles. The van der Waals surface area contributed by atoms with E-state index in [1.54, 1.807) is 18.2 Å². The molecule has 0 aromatic heterocycles. The van der Waals surface area contributed by atoms with Crippen molar-refractivity contribution in [3.05, 3.63) is 65.2 Å². The quantitative estimate of drug-likeness (QED) is 0.683. The van der Waals surface area contributed by atoms with Crippen molar-refractivity contribution in [2.75, 3.05) is 18.9 Å². The summed E-state index contributed by atoms with van der Waals surface area (Å²) in [5, 5.41) is 7.94. The summed E-state index contributed by atoms with van der Waals surface area (Å²) in [6.07, 6.45) is 1.16. The fraction of sp³-hybridized carbons (Fsp3) is 0.238. The molecule has 0 unspecified atom stereocenters. The maximum absolute atomic E-state index is 13.1. The maximum Gasteiger partial charge on any atom is 0.325 e. The van der Waals surface area contributed by atoms with Crippen LogP contribution in [0.5, 0.6) is 0 Å². The highest BCUT2D eigenvalue weighted by Gasteiger charge is 2.55. The first-order valence-electron chi connectivity index (χ1n) is 9.29. The number of fused-ring (bicyclic) bond motifs is 2. The second kappa shape index (κ2) is 7.05. The number of anilines is 1. The molecular weight excluding hydrogens is 372 g/mol. The standard InChI is InChI=1S/C21H20N4O4/c1-22-18(27)14-6-4-7-15(11-14)23-17(26)12-25-19(28)21(24-20(25)29)10-9-13-5-2-3-8-16(13)21/h2-8,11H,9-10,12H2,1H3,(H,22,27)(H,23,26)(H,24,29)/t21-/m1/s1. The van der Waals surface area contributed by atoms with Gasteiger partial charge in [-0.1, -0.05) is 30.3 Å². The molecule has 8 heteroatoms. The number of rotatable bonds is 4. The van der Waals surface area contributed by atoms with Gasteiger partial charge in [-0.2, -0.15) is 0 Å². The van der Waals surface area contributed by atoms with Crippen LogP contribution in [0.3, 0.4) is 0 Å². The van der Waals surface area contributed by atoms with Crippen molar-refractivity contribution in [2.45, 2.75) is 18.4 Å². The van der Waals surface area contributed by atoms with Crippen molar-refractivity contribution in [3.63, 3.8) is 0 Å². The van der Waals surface area contributed by atoms with Crippen molar-refractivity contribution in [2.24, 2.45) is 0 Å². The highest BCUT2D eigenvalue weighted by Crippen LogP contribution is 2.41. The number of hydrogen-bond acceptors (Lipinski definition) is 4. The number of hydrogen-bond donors (Lipinski definition) is 3. The smallest absolute Gasteiger partial charge is 0.325 e. The number of amides is 5. The minimum absolute atomic E-state index is 0.281. The van der Waals surface area contributed by atoms with Crippen LogP contribution >= 0.6 is 0 Å². The molecule has 0 bridgehead atoms. The highest BCUT2D eigenvalue weighted by molar-refractivity contribution is 6.11. The maximum atomic E-state index is 13.1. The van der Waals surface area contributed by atoms with Gasteiger partial charge in [-0.05, 0) is 42.2 Å². The monoisotopic (exact) mass is 392 g/mol. The summed E-state index contributed by atoms with van der Waals surface area (Å²) in [6.45, 7) is -0.404. The van der Waals surface area contributed by atoms with E-state index in [1.807, 2.05) is 24.3 Å². The second-order valence-corrected chi connectivity index (χ2v) is 7.09. The Morgan fingerprint density at radius 1 is 1.14 bits per heavy atom. The Morgan fingerprint density at radius 3 is 2.72 bits per heavy atom. The lowest BCUT2D eigenvalue weighted by Gasteiger charge is -2.22. The summed E-state index contributed by atoms with van der Waals surface area (Å²) < 4.78 is 0. The molecule has 5 amide bonds. The fourth-order valence-electron chi connectivity index (χ4n) is 3.96. The Morgan fingerprint density at radius 2 is 1.93 bits per heavy atom. The van der Waals surface area contributed by atoms with E-state index in [0.717, 1.165) is 16.0 Å². The van der Waals surface area contributed by atoms with Gasteiger partial charge in [0, 0.05) is 18.3 Å². The van der Waals surface area contributed by atoms with Gasteiger partial charge in [0.1, 0.15) is 12.1 Å². The first-order chi connectivity index (χ1) is 13.9. The lowest BCUT2D eigenvalue weighted by molar-refractivity contribution is -0.134. The number of benzene rings is 2. The van der Waals surface area contributed by atoms with Crippen molar-refractivity contribution >= 4 is 29.4 Å². The molecule has 8 nitrogen and oxygen atoms in total. The largest absolute Gasteiger partial charge is 0.355 e. The minimum atomic E-state index is -1.09. The SMILES string of the molecule is CNC(=O)c1cccc(NC(=O)CN2C(=O)N[C@@]3(CCc4ccccc43)C2=O)c1. The lowest BCUT2D eigenvalue weighted by atomic mass is 9.92. The third kappa shape index (κ3) is 3.12. The van der Waals surface area contributed by atoms with Gasteiger partial charge in [0.05, 0.1) is 0 Å². The number of carbonyl (C=O) groups excluding carboxylic acids is 4. The van der Waals surface area contributed by atoms with Crippen LogP contribution in [0.25, 0.3) is 0 Å². The average molecular weight is 392 g/mol. The van der Waals surface area contributed by atoms with Crippen molar-refractivity contribution < 1.29 is 19.2 Å². The summed E-state index contributed by atoms with van der Waals surface area (Å²) in [5.74, 6) is -1.22. The predicted molar refractivity (Wildman–Crippen MR) is 105 cm³/mol. The van der Waals surface area contributed by atoms with Gasteiger partial charge in [0.2, 0.25) is 5.91 Å². The molecule has 1 atom stereocenters. The van der Waals surface area contributed by atoms with Crippen LogP contribution in [-0.2, 0) is 21.5 Å². The number of carbonyl (C=O) groups is 4. The molecule has 148 valence electrons. The van der Waals surface area contributed by atoms with Crippen LogP contribution in [0.4, 0.5) is 10.5 Å². The molecule has 2 aromatic carbocycles. The zero-order chi connectivity index (χ0) is 20.6. The Balaban J connectivity index is 1.49. The number of imide groups is 1. The Labute approximate surface area is 167 Å². The number of aryl methyl sites for hydroxylation is 1. The van der Waals surface area contributed by atoms with E-state index >= 15 is 0 Å². The number of nitrogens with zero attached hydrogens (tertiary/aromatic N) is 1. The van der Waals surface area contributed by atoms with Crippen LogP contribution in [0, 0.1) is 0 Å². The zero-order valence-corrected chi connectivity index (χ0v) is 15.8. The summed E-state index contributed by atoms with van der Waals surface area (Å²) in [4.78, 5) is 50.7. The van der Waals surface area contributed by atoms with E-state index in [9.17, 15) is 19.2 Å². The normalized spacial score (nSPS) is 19.8. The Bertz CT molecular complexity index is 1030. The Hall–Kier alpha value is -3.68. The molecule has 0 radical (unpaired) electrons. The minimum Gasteiger partial charge on any atom is -0.355 e. The Kier molecular flexibility index (Phi) is 4.54. The molecular formula is C21H20N4O4. The lowest BCUT2D eigenvalue weighted by Crippen LogP contribution is -2.43. The van der Waals surface area contributed by atoms with Crippen molar-refractivity contribution in [1.29, 1.82) is 0 Å². The molecule has 1 aliphatic carbocycles. The molecule has 2 aliphatic rings. The molecule has 2 aromatic rings. The van der Waals surface area contributed by atoms with Crippen molar-refractivity contribution in [1.82, 2.24) is 15.5 Å². The highest BCUT2D eigenvalue weighted by atomic mass is 16.2. The van der Waals surface area contributed by atoms with Crippen LogP contribution in [0.1, 0.15) is 27.9 Å². The molecule has 1 aliphatic heterocycles. The molecule has 1 heterocycles. The van der Waals surface area contributed by atoms with Crippen molar-refractivity contribution in [3.8, 4) is 0 Å². The van der Waals surface area contributed by atoms with Gasteiger partial charge in [-0.15, -0.1) is 0 Å². The summed E-state index contributed by atoms with van der Waals surface area (Å²) in [6, 6.07) is 13.3. The van der Waals surface area contributed by atoms with Crippen LogP contribution < -0.4 is 16.0 Å². The van der Waals surface area contributed by atoms with Crippen LogP contribution in [0.2, 0.25) is 0 Å². The molecule has 29 heavy (non-hydrogen) atoms. The van der Waals surface area contributed by atoms with Gasteiger partial charge in [0.25, 0.3) is 11.8 Å². The fourth-order valence-corrected chi connectivity index (χ4v) is 3.96. The third-order valence-electron chi connectivity index (χ3n) is 5.36. The molecule has 1 fully saturated rings. The van der Waals surface area contributed by atoms with Gasteiger partial charge in [0.15, 0.2) is 0 Å². The van der Waals surface area contributed by atoms with Gasteiger partial charge in [-0.25, -0.2) is 4.79 Å². The van der Waals surface area contributed by atoms with Crippen LogP contribution in [0.15, 0.2) is 48.5 Å². The van der Waals surface area contributed by atoms with E-state index in [-0.39, 0.29) is 5.91 Å². The zero-order valence-electron chi connectivity index (χ0n) is 15.8. The average Bonchev–Trinajstić information content (AvgIpc) is 3.21. The van der Waals surface area contributed by atoms with Crippen LogP contribution in [-0.4, -0.2) is 42.2 Å². The summed E-state index contributed by atoms with van der Waals surface area (Å²) >= 11 is 0. The summed E-state index contributed by atoms with van der Waals surface area (Å²) in [7, 11) is 1.52. The first-order valence-corrected chi connectivity index (χ1v) is 9.29. The molecule has 4 rings (SSSR count). The van der Waals surface area contributed by atoms with E-state index in [0.29, 0.717) is 24.1 Å². The molecule has 3 N–H and O–H groups in total.